The summed E-state index contributed by atoms with van der Waals surface area (Å²) in [7, 11) is -3.13. The van der Waals surface area contributed by atoms with Crippen LogP contribution < -0.4 is 11.3 Å². The van der Waals surface area contributed by atoms with Crippen molar-refractivity contribution in [2.24, 2.45) is 5.84 Å². The fourth-order valence-electron chi connectivity index (χ4n) is 1.60. The standard InChI is InChI=1S/C8H12N4O3S2/c9-11-7(13)8-10-6(5-16-8)4-12-2-1-3-17(12,14)15/h5H,1-4,9H2,(H,11,13). The first-order valence-electron chi connectivity index (χ1n) is 4.96. The van der Waals surface area contributed by atoms with E-state index >= 15 is 0 Å². The Labute approximate surface area is 103 Å². The molecule has 2 heterocycles. The third-order valence-corrected chi connectivity index (χ3v) is 5.21. The number of hydrazine groups is 1. The smallest absolute Gasteiger partial charge is 0.288 e. The highest BCUT2D eigenvalue weighted by atomic mass is 32.2. The van der Waals surface area contributed by atoms with E-state index in [1.165, 1.54) is 4.31 Å². The van der Waals surface area contributed by atoms with Crippen LogP contribution >= 0.6 is 11.3 Å². The molecule has 0 saturated carbocycles. The molecule has 9 heteroatoms. The molecule has 0 atom stereocenters. The first kappa shape index (κ1) is 12.4. The first-order chi connectivity index (χ1) is 8.03. The topological polar surface area (TPSA) is 105 Å². The minimum absolute atomic E-state index is 0.188. The molecule has 7 nitrogen and oxygen atoms in total. The number of sulfonamides is 1. The molecule has 0 radical (unpaired) electrons. The number of nitrogens with zero attached hydrogens (tertiary/aromatic N) is 2. The van der Waals surface area contributed by atoms with Crippen molar-refractivity contribution in [3.05, 3.63) is 16.1 Å². The van der Waals surface area contributed by atoms with Crippen LogP contribution in [0.1, 0.15) is 21.9 Å². The molecule has 0 aliphatic carbocycles. The van der Waals surface area contributed by atoms with Crippen LogP contribution in [0.4, 0.5) is 0 Å². The number of nitrogens with one attached hydrogen (secondary N) is 1. The van der Waals surface area contributed by atoms with Gasteiger partial charge in [-0.1, -0.05) is 0 Å². The van der Waals surface area contributed by atoms with E-state index in [2.05, 4.69) is 4.98 Å². The van der Waals surface area contributed by atoms with Crippen molar-refractivity contribution < 1.29 is 13.2 Å². The van der Waals surface area contributed by atoms with Crippen LogP contribution in [0.3, 0.4) is 0 Å². The van der Waals surface area contributed by atoms with E-state index in [4.69, 9.17) is 5.84 Å². The molecule has 1 aliphatic heterocycles. The third kappa shape index (κ3) is 2.63. The second kappa shape index (κ2) is 4.69. The number of hydrogen-bond donors (Lipinski definition) is 2. The summed E-state index contributed by atoms with van der Waals surface area (Å²) in [5.41, 5.74) is 2.55. The number of nitrogen functional groups attached to an aromatic ring is 1. The molecular weight excluding hydrogens is 264 g/mol. The molecule has 94 valence electrons. The lowest BCUT2D eigenvalue weighted by molar-refractivity contribution is 0.0953. The predicted molar refractivity (Wildman–Crippen MR) is 62.6 cm³/mol. The van der Waals surface area contributed by atoms with Crippen molar-refractivity contribution in [2.45, 2.75) is 13.0 Å². The minimum Gasteiger partial charge on any atom is -0.288 e. The monoisotopic (exact) mass is 276 g/mol. The largest absolute Gasteiger partial charge is 0.294 e. The summed E-state index contributed by atoms with van der Waals surface area (Å²) in [6, 6.07) is 0. The number of thiazole rings is 1. The van der Waals surface area contributed by atoms with Crippen molar-refractivity contribution >= 4 is 27.3 Å². The average Bonchev–Trinajstić information content (AvgIpc) is 2.86. The SMILES string of the molecule is NNC(=O)c1nc(CN2CCCS2(=O)=O)cs1. The zero-order valence-electron chi connectivity index (χ0n) is 8.92. The lowest BCUT2D eigenvalue weighted by Crippen LogP contribution is -2.30. The van der Waals surface area contributed by atoms with Gasteiger partial charge in [0.2, 0.25) is 10.0 Å². The molecule has 1 aliphatic rings. The lowest BCUT2D eigenvalue weighted by atomic mass is 10.4. The highest BCUT2D eigenvalue weighted by molar-refractivity contribution is 7.89. The lowest BCUT2D eigenvalue weighted by Gasteiger charge is -2.11. The molecule has 0 aromatic carbocycles. The van der Waals surface area contributed by atoms with Gasteiger partial charge >= 0.3 is 0 Å². The van der Waals surface area contributed by atoms with Gasteiger partial charge < -0.3 is 0 Å². The summed E-state index contributed by atoms with van der Waals surface area (Å²) in [5.74, 6) is 4.70. The molecule has 0 unspecified atom stereocenters. The molecule has 0 spiro atoms. The zero-order valence-corrected chi connectivity index (χ0v) is 10.6. The maximum atomic E-state index is 11.6. The first-order valence-corrected chi connectivity index (χ1v) is 7.45. The van der Waals surface area contributed by atoms with Gasteiger partial charge in [0.1, 0.15) is 0 Å². The van der Waals surface area contributed by atoms with Crippen LogP contribution in [0.15, 0.2) is 5.38 Å². The highest BCUT2D eigenvalue weighted by Crippen LogP contribution is 2.18. The van der Waals surface area contributed by atoms with E-state index in [0.29, 0.717) is 18.7 Å². The van der Waals surface area contributed by atoms with Crippen LogP contribution in [0.5, 0.6) is 0 Å². The van der Waals surface area contributed by atoms with Crippen LogP contribution in [0, 0.1) is 0 Å². The molecule has 17 heavy (non-hydrogen) atoms. The fraction of sp³-hybridized carbons (Fsp3) is 0.500. The maximum Gasteiger partial charge on any atom is 0.294 e. The Morgan fingerprint density at radius 2 is 2.41 bits per heavy atom. The third-order valence-electron chi connectivity index (χ3n) is 2.42. The molecule has 1 saturated heterocycles. The van der Waals surface area contributed by atoms with Gasteiger partial charge in [-0.25, -0.2) is 19.2 Å². The number of carbonyl (C=O) groups excluding carboxylic acids is 1. The van der Waals surface area contributed by atoms with Gasteiger partial charge in [0.25, 0.3) is 5.91 Å². The molecule has 1 aromatic rings. The Bertz CT molecular complexity index is 525. The summed E-state index contributed by atoms with van der Waals surface area (Å²) in [4.78, 5) is 15.2. The number of hydrogen-bond acceptors (Lipinski definition) is 6. The van der Waals surface area contributed by atoms with Crippen molar-refractivity contribution in [3.63, 3.8) is 0 Å². The molecule has 1 aromatic heterocycles. The van der Waals surface area contributed by atoms with Gasteiger partial charge in [0.15, 0.2) is 5.01 Å². The van der Waals surface area contributed by atoms with Crippen molar-refractivity contribution in [2.75, 3.05) is 12.3 Å². The Morgan fingerprint density at radius 3 is 3.00 bits per heavy atom. The predicted octanol–water partition coefficient (Wildman–Crippen LogP) is -0.718. The molecule has 1 amide bonds. The van der Waals surface area contributed by atoms with Crippen LogP contribution in [-0.4, -0.2) is 35.9 Å². The van der Waals surface area contributed by atoms with E-state index in [0.717, 1.165) is 11.3 Å². The van der Waals surface area contributed by atoms with Gasteiger partial charge in [0.05, 0.1) is 18.0 Å². The quantitative estimate of drug-likeness (QED) is 0.431. The normalized spacial score (nSPS) is 19.4. The Balaban J connectivity index is 2.10. The minimum atomic E-state index is -3.13. The van der Waals surface area contributed by atoms with E-state index in [9.17, 15) is 13.2 Å². The van der Waals surface area contributed by atoms with E-state index in [1.54, 1.807) is 5.38 Å². The molecule has 0 bridgehead atoms. The Morgan fingerprint density at radius 1 is 1.65 bits per heavy atom. The second-order valence-electron chi connectivity index (χ2n) is 3.62. The fourth-order valence-corrected chi connectivity index (χ4v) is 3.79. The van der Waals surface area contributed by atoms with Gasteiger partial charge in [-0.15, -0.1) is 11.3 Å². The molecule has 1 fully saturated rings. The Hall–Kier alpha value is -1.03. The number of nitrogens with two attached hydrogens (primary N) is 1. The number of aromatic nitrogens is 1. The van der Waals surface area contributed by atoms with Crippen LogP contribution in [0.2, 0.25) is 0 Å². The molecule has 2 rings (SSSR count). The number of carbonyl (C=O) groups is 1. The maximum absolute atomic E-state index is 11.6. The highest BCUT2D eigenvalue weighted by Gasteiger charge is 2.28. The molecular formula is C8H12N4O3S2. The van der Waals surface area contributed by atoms with Gasteiger partial charge in [0, 0.05) is 11.9 Å². The van der Waals surface area contributed by atoms with E-state index < -0.39 is 15.9 Å². The van der Waals surface area contributed by atoms with E-state index in [-0.39, 0.29) is 17.3 Å². The van der Waals surface area contributed by atoms with Gasteiger partial charge in [-0.05, 0) is 6.42 Å². The van der Waals surface area contributed by atoms with Crippen molar-refractivity contribution in [1.29, 1.82) is 0 Å². The molecule has 3 N–H and O–H groups in total. The van der Waals surface area contributed by atoms with E-state index in [1.807, 2.05) is 5.43 Å². The number of rotatable bonds is 3. The van der Waals surface area contributed by atoms with Crippen molar-refractivity contribution in [1.82, 2.24) is 14.7 Å². The van der Waals surface area contributed by atoms with Gasteiger partial charge in [-0.2, -0.15) is 4.31 Å². The Kier molecular flexibility index (Phi) is 3.43. The van der Waals surface area contributed by atoms with Crippen molar-refractivity contribution in [3.8, 4) is 0 Å². The summed E-state index contributed by atoms with van der Waals surface area (Å²) in [6.45, 7) is 0.731. The summed E-state index contributed by atoms with van der Waals surface area (Å²) >= 11 is 1.14. The summed E-state index contributed by atoms with van der Waals surface area (Å²) in [6.07, 6.45) is 0.641. The van der Waals surface area contributed by atoms with Crippen LogP contribution in [0.25, 0.3) is 0 Å². The second-order valence-corrected chi connectivity index (χ2v) is 6.57. The van der Waals surface area contributed by atoms with Gasteiger partial charge in [-0.3, -0.25) is 10.2 Å². The average molecular weight is 276 g/mol. The number of amides is 1. The summed E-state index contributed by atoms with van der Waals surface area (Å²) in [5, 5.41) is 1.90. The summed E-state index contributed by atoms with van der Waals surface area (Å²) < 4.78 is 24.5. The zero-order chi connectivity index (χ0) is 12.5. The van der Waals surface area contributed by atoms with Crippen LogP contribution in [-0.2, 0) is 16.6 Å².